The Balaban J connectivity index is 4.39. The van der Waals surface area contributed by atoms with Crippen LogP contribution in [0.25, 0.3) is 0 Å². The van der Waals surface area contributed by atoms with E-state index in [4.69, 9.17) is 14.2 Å². The minimum absolute atomic E-state index is 0.0949. The van der Waals surface area contributed by atoms with Crippen molar-refractivity contribution in [3.8, 4) is 0 Å². The van der Waals surface area contributed by atoms with Crippen molar-refractivity contribution in [3.05, 3.63) is 146 Å². The lowest BCUT2D eigenvalue weighted by molar-refractivity contribution is -0.167. The summed E-state index contributed by atoms with van der Waals surface area (Å²) >= 11 is 0. The third kappa shape index (κ3) is 68.0. The molecule has 0 amide bonds. The Morgan fingerprint density at radius 2 is 0.470 bits per heavy atom. The summed E-state index contributed by atoms with van der Waals surface area (Å²) in [5.74, 6) is -0.940. The molecular weight excluding hydrogens is 1020 g/mol. The van der Waals surface area contributed by atoms with Gasteiger partial charge in [-0.1, -0.05) is 301 Å². The maximum absolute atomic E-state index is 12.9. The Kier molecular flexibility index (Phi) is 65.8. The molecule has 0 spiro atoms. The zero-order chi connectivity index (χ0) is 59.9. The highest BCUT2D eigenvalue weighted by Gasteiger charge is 2.19. The van der Waals surface area contributed by atoms with Crippen LogP contribution in [0.1, 0.15) is 303 Å². The normalized spacial score (nSPS) is 13.0. The highest BCUT2D eigenvalue weighted by molar-refractivity contribution is 5.71. The van der Waals surface area contributed by atoms with Gasteiger partial charge in [0.1, 0.15) is 13.2 Å². The fourth-order valence-electron chi connectivity index (χ4n) is 9.21. The van der Waals surface area contributed by atoms with Gasteiger partial charge < -0.3 is 14.2 Å². The van der Waals surface area contributed by atoms with Gasteiger partial charge in [-0.15, -0.1) is 0 Å². The van der Waals surface area contributed by atoms with E-state index in [1.807, 2.05) is 0 Å². The highest BCUT2D eigenvalue weighted by Crippen LogP contribution is 2.16. The molecule has 83 heavy (non-hydrogen) atoms. The molecule has 0 aromatic rings. The van der Waals surface area contributed by atoms with E-state index in [-0.39, 0.29) is 31.1 Å². The van der Waals surface area contributed by atoms with Crippen LogP contribution in [0.15, 0.2) is 146 Å². The molecule has 0 saturated carbocycles. The maximum atomic E-state index is 12.9. The highest BCUT2D eigenvalue weighted by atomic mass is 16.6. The van der Waals surface area contributed by atoms with Crippen molar-refractivity contribution in [1.82, 2.24) is 0 Å². The molecule has 0 aliphatic rings. The van der Waals surface area contributed by atoms with Gasteiger partial charge in [0.05, 0.1) is 0 Å². The fraction of sp³-hybridized carbons (Fsp3) is 0.649. The van der Waals surface area contributed by atoms with Gasteiger partial charge in [0, 0.05) is 19.3 Å². The minimum Gasteiger partial charge on any atom is -0.462 e. The first kappa shape index (κ1) is 78.3. The van der Waals surface area contributed by atoms with Crippen molar-refractivity contribution >= 4 is 17.9 Å². The standard InChI is InChI=1S/C77H126O6/c1-4-7-10-13-16-19-22-25-27-29-31-32-33-34-35-36-37-38-39-40-41-42-43-44-46-47-49-52-55-58-61-64-67-70-76(79)82-73-74(72-81-75(78)69-66-63-60-57-54-51-24-21-18-15-12-9-6-3)83-77(80)71-68-65-62-59-56-53-50-48-45-30-28-26-23-20-17-14-11-8-5-2/h7,10,16-17,19-20,25-28,31-32,34-35,37-38,40-41,43-44,47,49,55,58,74H,4-6,8-9,11-15,18,21-24,29-30,33,36,39,42,45-46,48,50-54,56-57,59-73H2,1-3H3/b10-7-,19-16-,20-17-,27-25-,28-26-,32-31-,35-34-,38-37-,41-40-,44-43-,49-47-,58-55-. The number of ether oxygens (including phenoxy) is 3. The van der Waals surface area contributed by atoms with E-state index < -0.39 is 6.10 Å². The minimum atomic E-state index is -0.803. The van der Waals surface area contributed by atoms with Crippen LogP contribution in [0, 0.1) is 0 Å². The second-order valence-corrected chi connectivity index (χ2v) is 22.4. The monoisotopic (exact) mass is 1150 g/mol. The Labute approximate surface area is 512 Å². The quantitative estimate of drug-likeness (QED) is 0.0261. The predicted octanol–water partition coefficient (Wildman–Crippen LogP) is 23.9. The van der Waals surface area contributed by atoms with E-state index in [0.717, 1.165) is 122 Å². The molecule has 1 atom stereocenters. The van der Waals surface area contributed by atoms with Crippen LogP contribution in [0.3, 0.4) is 0 Å². The Morgan fingerprint density at radius 3 is 0.783 bits per heavy atom. The van der Waals surface area contributed by atoms with Crippen LogP contribution in [-0.2, 0) is 28.6 Å². The van der Waals surface area contributed by atoms with Gasteiger partial charge in [-0.05, 0) is 128 Å². The molecule has 0 aliphatic carbocycles. The van der Waals surface area contributed by atoms with Gasteiger partial charge >= 0.3 is 17.9 Å². The van der Waals surface area contributed by atoms with Crippen molar-refractivity contribution in [2.75, 3.05) is 13.2 Å². The van der Waals surface area contributed by atoms with Crippen LogP contribution in [-0.4, -0.2) is 37.2 Å². The molecule has 0 aromatic carbocycles. The number of carbonyl (C=O) groups excluding carboxylic acids is 3. The molecule has 0 rings (SSSR count). The molecule has 0 N–H and O–H groups in total. The van der Waals surface area contributed by atoms with Crippen molar-refractivity contribution in [2.45, 2.75) is 309 Å². The summed E-state index contributed by atoms with van der Waals surface area (Å²) in [5, 5.41) is 0. The molecule has 1 unspecified atom stereocenters. The van der Waals surface area contributed by atoms with Gasteiger partial charge in [0.15, 0.2) is 6.10 Å². The number of carbonyl (C=O) groups is 3. The van der Waals surface area contributed by atoms with E-state index in [1.165, 1.54) is 135 Å². The van der Waals surface area contributed by atoms with Crippen molar-refractivity contribution < 1.29 is 28.6 Å². The van der Waals surface area contributed by atoms with E-state index in [0.29, 0.717) is 25.7 Å². The number of rotatable bonds is 61. The van der Waals surface area contributed by atoms with E-state index >= 15 is 0 Å². The lowest BCUT2D eigenvalue weighted by Gasteiger charge is -2.18. The first-order valence-electron chi connectivity index (χ1n) is 34.3. The van der Waals surface area contributed by atoms with Crippen LogP contribution < -0.4 is 0 Å². The Morgan fingerprint density at radius 1 is 0.253 bits per heavy atom. The van der Waals surface area contributed by atoms with Gasteiger partial charge in [0.2, 0.25) is 0 Å². The molecular formula is C77H126O6. The smallest absolute Gasteiger partial charge is 0.306 e. The first-order valence-corrected chi connectivity index (χ1v) is 34.3. The summed E-state index contributed by atoms with van der Waals surface area (Å²) in [5.41, 5.74) is 0. The zero-order valence-electron chi connectivity index (χ0n) is 53.9. The Hall–Kier alpha value is -4.71. The molecule has 0 saturated heterocycles. The molecule has 0 fully saturated rings. The largest absolute Gasteiger partial charge is 0.462 e. The summed E-state index contributed by atoms with van der Waals surface area (Å²) < 4.78 is 16.9. The second kappa shape index (κ2) is 69.8. The van der Waals surface area contributed by atoms with E-state index in [2.05, 4.69) is 167 Å². The van der Waals surface area contributed by atoms with Gasteiger partial charge in [-0.3, -0.25) is 14.4 Å². The fourth-order valence-corrected chi connectivity index (χ4v) is 9.21. The van der Waals surface area contributed by atoms with Gasteiger partial charge in [-0.25, -0.2) is 0 Å². The molecule has 0 aliphatic heterocycles. The topological polar surface area (TPSA) is 78.9 Å². The third-order valence-corrected chi connectivity index (χ3v) is 14.3. The number of esters is 3. The number of hydrogen-bond acceptors (Lipinski definition) is 6. The van der Waals surface area contributed by atoms with Gasteiger partial charge in [-0.2, -0.15) is 0 Å². The van der Waals surface area contributed by atoms with Crippen molar-refractivity contribution in [3.63, 3.8) is 0 Å². The molecule has 0 heterocycles. The summed E-state index contributed by atoms with van der Waals surface area (Å²) in [7, 11) is 0. The van der Waals surface area contributed by atoms with Crippen LogP contribution in [0.4, 0.5) is 0 Å². The summed E-state index contributed by atoms with van der Waals surface area (Å²) in [4.78, 5) is 38.4. The van der Waals surface area contributed by atoms with Crippen molar-refractivity contribution in [2.24, 2.45) is 0 Å². The van der Waals surface area contributed by atoms with Crippen LogP contribution >= 0.6 is 0 Å². The third-order valence-electron chi connectivity index (χ3n) is 14.3. The number of allylic oxidation sites excluding steroid dienone is 24. The molecule has 0 aromatic heterocycles. The van der Waals surface area contributed by atoms with Gasteiger partial charge in [0.25, 0.3) is 0 Å². The summed E-state index contributed by atoms with van der Waals surface area (Å²) in [6.07, 6.45) is 100. The molecule has 6 nitrogen and oxygen atoms in total. The van der Waals surface area contributed by atoms with E-state index in [9.17, 15) is 14.4 Å². The predicted molar refractivity (Wildman–Crippen MR) is 362 cm³/mol. The summed E-state index contributed by atoms with van der Waals surface area (Å²) in [6.45, 7) is 6.48. The van der Waals surface area contributed by atoms with Crippen LogP contribution in [0.2, 0.25) is 0 Å². The Bertz CT molecular complexity index is 1800. The average molecular weight is 1150 g/mol. The number of unbranched alkanes of at least 4 members (excludes halogenated alkanes) is 26. The molecule has 470 valence electrons. The molecule has 6 heteroatoms. The lowest BCUT2D eigenvalue weighted by atomic mass is 10.0. The average Bonchev–Trinajstić information content (AvgIpc) is 3.49. The molecule has 0 radical (unpaired) electrons. The zero-order valence-corrected chi connectivity index (χ0v) is 53.9. The van der Waals surface area contributed by atoms with Crippen molar-refractivity contribution in [1.29, 1.82) is 0 Å². The number of hydrogen-bond donors (Lipinski definition) is 0. The summed E-state index contributed by atoms with van der Waals surface area (Å²) in [6, 6.07) is 0. The lowest BCUT2D eigenvalue weighted by Crippen LogP contribution is -2.30. The SMILES string of the molecule is CC/C=C\C/C=C\C/C=C\C/C=C\C/C=C\C/C=C\C/C=C\C/C=C\C/C=C\C/C=C\CCCCC(=O)OCC(COC(=O)CCCCCCCCCCCCCCC)OC(=O)CCCCCCCCCCC/C=C\C/C=C\CCCCC. The molecule has 0 bridgehead atoms. The van der Waals surface area contributed by atoms with Crippen LogP contribution in [0.5, 0.6) is 0 Å². The second-order valence-electron chi connectivity index (χ2n) is 22.4. The first-order chi connectivity index (χ1) is 41.0. The van der Waals surface area contributed by atoms with E-state index in [1.54, 1.807) is 0 Å². The maximum Gasteiger partial charge on any atom is 0.306 e.